The van der Waals surface area contributed by atoms with Gasteiger partial charge in [-0.3, -0.25) is 0 Å². The van der Waals surface area contributed by atoms with E-state index in [0.717, 1.165) is 5.56 Å². The van der Waals surface area contributed by atoms with Crippen LogP contribution in [0.4, 0.5) is 10.5 Å². The van der Waals surface area contributed by atoms with Crippen LogP contribution in [0.1, 0.15) is 5.56 Å². The van der Waals surface area contributed by atoms with Crippen LogP contribution in [0.25, 0.3) is 6.08 Å². The molecule has 1 rings (SSSR count). The maximum atomic E-state index is 11.0. The molecule has 0 bridgehead atoms. The molecule has 2 N–H and O–H groups in total. The van der Waals surface area contributed by atoms with E-state index in [2.05, 4.69) is 10.6 Å². The van der Waals surface area contributed by atoms with Gasteiger partial charge in [0.25, 0.3) is 0 Å². The maximum Gasteiger partial charge on any atom is 0.318 e. The van der Waals surface area contributed by atoms with Crippen LogP contribution in [0.5, 0.6) is 0 Å². The van der Waals surface area contributed by atoms with Crippen molar-refractivity contribution in [1.82, 2.24) is 5.32 Å². The van der Waals surface area contributed by atoms with Crippen molar-refractivity contribution in [1.29, 1.82) is 0 Å². The minimum absolute atomic E-state index is 0.224. The number of anilines is 1. The molecule has 0 aliphatic carbocycles. The van der Waals surface area contributed by atoms with Gasteiger partial charge in [-0.05, 0) is 17.7 Å². The van der Waals surface area contributed by atoms with E-state index in [4.69, 9.17) is 0 Å². The van der Waals surface area contributed by atoms with Gasteiger partial charge in [-0.15, -0.1) is 0 Å². The zero-order chi connectivity index (χ0) is 11.1. The van der Waals surface area contributed by atoms with Gasteiger partial charge >= 0.3 is 6.03 Å². The Kier molecular flexibility index (Phi) is 4.37. The number of carbonyl (C=O) groups is 1. The Morgan fingerprint density at radius 3 is 2.53 bits per heavy atom. The molecule has 0 atom stereocenters. The smallest absolute Gasteiger partial charge is 0.318 e. The molecule has 2 amide bonds. The fourth-order valence-electron chi connectivity index (χ4n) is 1.06. The van der Waals surface area contributed by atoms with Gasteiger partial charge < -0.3 is 10.6 Å². The average Bonchev–Trinajstić information content (AvgIpc) is 2.28. The van der Waals surface area contributed by atoms with Crippen molar-refractivity contribution >= 4 is 17.8 Å². The zero-order valence-corrected chi connectivity index (χ0v) is 8.49. The van der Waals surface area contributed by atoms with Gasteiger partial charge in [-0.2, -0.15) is 0 Å². The largest absolute Gasteiger partial charge is 0.341 e. The normalized spacial score (nSPS) is 10.3. The van der Waals surface area contributed by atoms with Crippen LogP contribution in [0, 0.1) is 0 Å². The Bertz CT molecular complexity index is 344. The number of urea groups is 1. The first-order valence-corrected chi connectivity index (χ1v) is 4.59. The number of carbonyl (C=O) groups excluding carboxylic acids is 1. The number of rotatable bonds is 3. The standard InChI is InChI=1S/C11H13N2O2/c1-12-11(15)13-10-6-4-9(5-7-10)3-2-8-14/h2-7H,8H2,1H3,(H2,12,13,15)/b3-2+. The lowest BCUT2D eigenvalue weighted by Gasteiger charge is -2.03. The highest BCUT2D eigenvalue weighted by atomic mass is 16.2. The second-order valence-corrected chi connectivity index (χ2v) is 2.90. The van der Waals surface area contributed by atoms with Crippen molar-refractivity contribution in [3.63, 3.8) is 0 Å². The summed E-state index contributed by atoms with van der Waals surface area (Å²) in [6.07, 6.45) is 3.29. The number of hydrogen-bond acceptors (Lipinski definition) is 1. The molecule has 4 heteroatoms. The minimum Gasteiger partial charge on any atom is -0.341 e. The topological polar surface area (TPSA) is 61.0 Å². The molecular weight excluding hydrogens is 192 g/mol. The molecule has 0 aliphatic heterocycles. The van der Waals surface area contributed by atoms with Crippen LogP contribution in [0.3, 0.4) is 0 Å². The molecule has 1 aromatic rings. The Balaban J connectivity index is 2.64. The fraction of sp³-hybridized carbons (Fsp3) is 0.182. The van der Waals surface area contributed by atoms with Crippen LogP contribution in [0.2, 0.25) is 0 Å². The molecule has 0 aliphatic rings. The number of hydrogen-bond donors (Lipinski definition) is 2. The van der Waals surface area contributed by atoms with Crippen LogP contribution < -0.4 is 10.6 Å². The van der Waals surface area contributed by atoms with E-state index in [1.54, 1.807) is 31.3 Å². The first kappa shape index (κ1) is 11.3. The lowest BCUT2D eigenvalue weighted by molar-refractivity contribution is 0.233. The fourth-order valence-corrected chi connectivity index (χ4v) is 1.06. The molecule has 15 heavy (non-hydrogen) atoms. The summed E-state index contributed by atoms with van der Waals surface area (Å²) in [5, 5.41) is 15.3. The summed E-state index contributed by atoms with van der Waals surface area (Å²) in [6, 6.07) is 6.96. The van der Waals surface area contributed by atoms with Crippen molar-refractivity contribution in [3.8, 4) is 0 Å². The Morgan fingerprint density at radius 2 is 2.00 bits per heavy atom. The van der Waals surface area contributed by atoms with Gasteiger partial charge in [-0.25, -0.2) is 9.90 Å². The molecule has 0 fully saturated rings. The highest BCUT2D eigenvalue weighted by molar-refractivity contribution is 5.89. The Labute approximate surface area is 88.6 Å². The van der Waals surface area contributed by atoms with Crippen LogP contribution in [-0.4, -0.2) is 19.7 Å². The summed E-state index contributed by atoms with van der Waals surface area (Å²) in [5.41, 5.74) is 1.65. The molecule has 1 aromatic carbocycles. The van der Waals surface area contributed by atoms with Gasteiger partial charge in [0.05, 0.1) is 0 Å². The SMILES string of the molecule is CNC(=O)Nc1ccc(/C=C/C[O])cc1. The maximum absolute atomic E-state index is 11.0. The minimum atomic E-state index is -0.252. The second kappa shape index (κ2) is 5.82. The number of benzene rings is 1. The summed E-state index contributed by atoms with van der Waals surface area (Å²) in [5.74, 6) is 0. The third-order valence-electron chi connectivity index (χ3n) is 1.80. The lowest BCUT2D eigenvalue weighted by atomic mass is 10.2. The lowest BCUT2D eigenvalue weighted by Crippen LogP contribution is -2.24. The van der Waals surface area contributed by atoms with E-state index in [0.29, 0.717) is 5.69 Å². The first-order valence-electron chi connectivity index (χ1n) is 4.59. The highest BCUT2D eigenvalue weighted by Crippen LogP contribution is 2.10. The van der Waals surface area contributed by atoms with Crippen LogP contribution in [-0.2, 0) is 5.11 Å². The van der Waals surface area contributed by atoms with E-state index < -0.39 is 0 Å². The van der Waals surface area contributed by atoms with Crippen LogP contribution >= 0.6 is 0 Å². The quantitative estimate of drug-likeness (QED) is 0.777. The summed E-state index contributed by atoms with van der Waals surface area (Å²) < 4.78 is 0. The Morgan fingerprint density at radius 1 is 1.33 bits per heavy atom. The molecular formula is C11H13N2O2. The van der Waals surface area contributed by atoms with Gasteiger partial charge in [0.2, 0.25) is 0 Å². The van der Waals surface area contributed by atoms with Crippen molar-refractivity contribution in [2.24, 2.45) is 0 Å². The first-order chi connectivity index (χ1) is 7.26. The third-order valence-corrected chi connectivity index (χ3v) is 1.80. The van der Waals surface area contributed by atoms with Crippen molar-refractivity contribution < 1.29 is 9.90 Å². The van der Waals surface area contributed by atoms with E-state index in [9.17, 15) is 9.90 Å². The highest BCUT2D eigenvalue weighted by Gasteiger charge is 1.96. The summed E-state index contributed by atoms with van der Waals surface area (Å²) in [4.78, 5) is 11.0. The molecule has 0 unspecified atom stereocenters. The number of nitrogens with one attached hydrogen (secondary N) is 2. The summed E-state index contributed by atoms with van der Waals surface area (Å²) >= 11 is 0. The van der Waals surface area contributed by atoms with Crippen LogP contribution in [0.15, 0.2) is 30.3 Å². The molecule has 1 radical (unpaired) electrons. The predicted molar refractivity (Wildman–Crippen MR) is 59.1 cm³/mol. The summed E-state index contributed by atoms with van der Waals surface area (Å²) in [7, 11) is 1.56. The predicted octanol–water partition coefficient (Wildman–Crippen LogP) is 1.88. The molecule has 79 valence electrons. The van der Waals surface area contributed by atoms with Gasteiger partial charge in [0.1, 0.15) is 6.61 Å². The molecule has 0 aromatic heterocycles. The van der Waals surface area contributed by atoms with Crippen molar-refractivity contribution in [2.75, 3.05) is 19.0 Å². The molecule has 0 heterocycles. The van der Waals surface area contributed by atoms with E-state index in [-0.39, 0.29) is 12.6 Å². The zero-order valence-electron chi connectivity index (χ0n) is 8.49. The van der Waals surface area contributed by atoms with E-state index in [1.807, 2.05) is 12.1 Å². The molecule has 0 spiro atoms. The van der Waals surface area contributed by atoms with Gasteiger partial charge in [-0.1, -0.05) is 24.3 Å². The van der Waals surface area contributed by atoms with Gasteiger partial charge in [0, 0.05) is 12.7 Å². The summed E-state index contributed by atoms with van der Waals surface area (Å²) in [6.45, 7) is -0.224. The molecule has 0 saturated heterocycles. The van der Waals surface area contributed by atoms with Crippen molar-refractivity contribution in [2.45, 2.75) is 0 Å². The Hall–Kier alpha value is -1.81. The van der Waals surface area contributed by atoms with E-state index in [1.165, 1.54) is 0 Å². The second-order valence-electron chi connectivity index (χ2n) is 2.90. The molecule has 4 nitrogen and oxygen atoms in total. The average molecular weight is 205 g/mol. The number of amides is 2. The van der Waals surface area contributed by atoms with Crippen molar-refractivity contribution in [3.05, 3.63) is 35.9 Å². The molecule has 0 saturated carbocycles. The third kappa shape index (κ3) is 3.83. The monoisotopic (exact) mass is 205 g/mol. The van der Waals surface area contributed by atoms with Gasteiger partial charge in [0.15, 0.2) is 0 Å². The van der Waals surface area contributed by atoms with E-state index >= 15 is 0 Å².